The lowest BCUT2D eigenvalue weighted by molar-refractivity contribution is 0.0527. The average Bonchev–Trinajstić information content (AvgIpc) is 3.01. The van der Waals surface area contributed by atoms with Gasteiger partial charge in [-0.05, 0) is 50.0 Å². The number of carbonyl (C=O) groups excluding carboxylic acids is 2. The van der Waals surface area contributed by atoms with E-state index in [2.05, 4.69) is 29.7 Å². The topological polar surface area (TPSA) is 119 Å². The first-order valence-electron chi connectivity index (χ1n) is 9.95. The van der Waals surface area contributed by atoms with E-state index in [1.807, 2.05) is 6.92 Å². The number of thiocarbonyl (C=S) groups is 1. The van der Waals surface area contributed by atoms with Crippen molar-refractivity contribution in [3.63, 3.8) is 0 Å². The van der Waals surface area contributed by atoms with E-state index in [9.17, 15) is 9.59 Å². The summed E-state index contributed by atoms with van der Waals surface area (Å²) in [5.41, 5.74) is 10.8. The summed E-state index contributed by atoms with van der Waals surface area (Å²) >= 11 is 4.86. The molecule has 31 heavy (non-hydrogen) atoms. The van der Waals surface area contributed by atoms with Crippen LogP contribution in [-0.4, -0.2) is 29.3 Å². The van der Waals surface area contributed by atoms with Crippen molar-refractivity contribution in [3.8, 4) is 0 Å². The van der Waals surface area contributed by atoms with Crippen molar-refractivity contribution in [2.75, 3.05) is 11.9 Å². The van der Waals surface area contributed by atoms with Gasteiger partial charge in [-0.2, -0.15) is 5.10 Å². The van der Waals surface area contributed by atoms with Crippen molar-refractivity contribution in [2.45, 2.75) is 40.5 Å². The number of rotatable bonds is 5. The molecule has 0 saturated carbocycles. The van der Waals surface area contributed by atoms with Crippen LogP contribution in [0.2, 0.25) is 0 Å². The number of hydrogen-bond acceptors (Lipinski definition) is 6. The number of nitrogens with one attached hydrogen (secondary N) is 2. The highest BCUT2D eigenvalue weighted by Gasteiger charge is 2.36. The van der Waals surface area contributed by atoms with E-state index in [-0.39, 0.29) is 28.5 Å². The summed E-state index contributed by atoms with van der Waals surface area (Å²) in [4.78, 5) is 25.3. The molecule has 0 spiro atoms. The highest BCUT2D eigenvalue weighted by molar-refractivity contribution is 7.80. The van der Waals surface area contributed by atoms with Crippen LogP contribution in [0.15, 0.2) is 33.8 Å². The van der Waals surface area contributed by atoms with Gasteiger partial charge in [-0.15, -0.1) is 0 Å². The summed E-state index contributed by atoms with van der Waals surface area (Å²) in [6.07, 6.45) is 1.32. The van der Waals surface area contributed by atoms with Crippen LogP contribution in [-0.2, 0) is 11.2 Å². The molecule has 1 heterocycles. The van der Waals surface area contributed by atoms with Crippen LogP contribution >= 0.6 is 12.2 Å². The smallest absolute Gasteiger partial charge is 0.340 e. The Labute approximate surface area is 186 Å². The normalized spacial score (nSPS) is 15.8. The summed E-state index contributed by atoms with van der Waals surface area (Å²) in [6, 6.07) is 6.68. The maximum Gasteiger partial charge on any atom is 0.340 e. The molecule has 0 saturated heterocycles. The molecule has 164 valence electrons. The molecule has 1 amide bonds. The Morgan fingerprint density at radius 3 is 2.68 bits per heavy atom. The van der Waals surface area contributed by atoms with Crippen molar-refractivity contribution in [3.05, 3.63) is 52.5 Å². The lowest BCUT2D eigenvalue weighted by atomic mass is 9.75. The van der Waals surface area contributed by atoms with Gasteiger partial charge < -0.3 is 20.2 Å². The maximum atomic E-state index is 13.1. The largest absolute Gasteiger partial charge is 0.462 e. The van der Waals surface area contributed by atoms with Gasteiger partial charge in [0, 0.05) is 17.5 Å². The first kappa shape index (κ1) is 22.5. The number of hydrazone groups is 1. The number of amides is 1. The number of anilines is 1. The second-order valence-electron chi connectivity index (χ2n) is 8.13. The standard InChI is InChI=1S/C22H26N4O4S/c1-5-29-20(28)13-8-6-7-9-14(13)24-19(27)18-12(2)17-15(25-26-21(23)31)10-22(3,4)11-16(17)30-18/h6-9H,5,10-11H2,1-4H3,(H,24,27)(H3,23,26,31)/b25-15-. The molecule has 0 bridgehead atoms. The van der Waals surface area contributed by atoms with Gasteiger partial charge in [0.1, 0.15) is 5.76 Å². The quantitative estimate of drug-likeness (QED) is 0.368. The Bertz CT molecular complexity index is 1070. The predicted molar refractivity (Wildman–Crippen MR) is 122 cm³/mol. The Hall–Kier alpha value is -3.20. The zero-order valence-electron chi connectivity index (χ0n) is 18.0. The molecule has 1 aliphatic rings. The molecule has 0 fully saturated rings. The number of fused-ring (bicyclic) bond motifs is 1. The molecule has 8 nitrogen and oxygen atoms in total. The van der Waals surface area contributed by atoms with Crippen molar-refractivity contribution < 1.29 is 18.7 Å². The van der Waals surface area contributed by atoms with Crippen molar-refractivity contribution in [1.82, 2.24) is 5.43 Å². The van der Waals surface area contributed by atoms with E-state index in [0.717, 1.165) is 11.3 Å². The van der Waals surface area contributed by atoms with Crippen molar-refractivity contribution in [2.24, 2.45) is 16.3 Å². The molecule has 0 unspecified atom stereocenters. The summed E-state index contributed by atoms with van der Waals surface area (Å²) in [5, 5.41) is 7.18. The predicted octanol–water partition coefficient (Wildman–Crippen LogP) is 3.53. The molecule has 0 radical (unpaired) electrons. The summed E-state index contributed by atoms with van der Waals surface area (Å²) < 4.78 is 11.1. The van der Waals surface area contributed by atoms with Crippen LogP contribution in [0.3, 0.4) is 0 Å². The Morgan fingerprint density at radius 1 is 1.29 bits per heavy atom. The number of carbonyl (C=O) groups is 2. The highest BCUT2D eigenvalue weighted by atomic mass is 32.1. The summed E-state index contributed by atoms with van der Waals surface area (Å²) in [7, 11) is 0. The molecule has 4 N–H and O–H groups in total. The number of nitrogens with two attached hydrogens (primary N) is 1. The third-order valence-corrected chi connectivity index (χ3v) is 5.06. The molecular weight excluding hydrogens is 416 g/mol. The van der Waals surface area contributed by atoms with Crippen LogP contribution in [0.4, 0.5) is 5.69 Å². The molecular formula is C22H26N4O4S. The van der Waals surface area contributed by atoms with Gasteiger partial charge >= 0.3 is 5.97 Å². The number of para-hydroxylation sites is 1. The Kier molecular flexibility index (Phi) is 6.45. The molecule has 0 atom stereocenters. The lowest BCUT2D eigenvalue weighted by Gasteiger charge is -2.29. The third kappa shape index (κ3) is 4.93. The Balaban J connectivity index is 1.96. The van der Waals surface area contributed by atoms with Gasteiger partial charge in [0.25, 0.3) is 5.91 Å². The molecule has 1 aromatic carbocycles. The minimum Gasteiger partial charge on any atom is -0.462 e. The molecule has 2 aromatic rings. The zero-order valence-corrected chi connectivity index (χ0v) is 18.8. The number of esters is 1. The van der Waals surface area contributed by atoms with Crippen molar-refractivity contribution >= 4 is 40.6 Å². The fourth-order valence-electron chi connectivity index (χ4n) is 3.71. The number of hydrogen-bond donors (Lipinski definition) is 3. The van der Waals surface area contributed by atoms with E-state index < -0.39 is 11.9 Å². The van der Waals surface area contributed by atoms with Crippen LogP contribution in [0.5, 0.6) is 0 Å². The first-order chi connectivity index (χ1) is 14.6. The Morgan fingerprint density at radius 2 is 2.00 bits per heavy atom. The monoisotopic (exact) mass is 442 g/mol. The third-order valence-electron chi connectivity index (χ3n) is 4.97. The van der Waals surface area contributed by atoms with E-state index in [4.69, 9.17) is 27.1 Å². The number of benzene rings is 1. The second kappa shape index (κ2) is 8.89. The van der Waals surface area contributed by atoms with E-state index >= 15 is 0 Å². The van der Waals surface area contributed by atoms with Crippen LogP contribution in [0.1, 0.15) is 65.0 Å². The molecule has 0 aliphatic heterocycles. The van der Waals surface area contributed by atoms with E-state index in [1.165, 1.54) is 0 Å². The molecule has 1 aliphatic carbocycles. The number of nitrogens with zero attached hydrogens (tertiary/aromatic N) is 1. The van der Waals surface area contributed by atoms with Crippen LogP contribution < -0.4 is 16.5 Å². The van der Waals surface area contributed by atoms with Gasteiger partial charge in [0.15, 0.2) is 10.9 Å². The maximum absolute atomic E-state index is 13.1. The fourth-order valence-corrected chi connectivity index (χ4v) is 3.75. The van der Waals surface area contributed by atoms with Gasteiger partial charge in [0.2, 0.25) is 0 Å². The highest BCUT2D eigenvalue weighted by Crippen LogP contribution is 2.39. The first-order valence-corrected chi connectivity index (χ1v) is 10.4. The van der Waals surface area contributed by atoms with Gasteiger partial charge in [0.05, 0.1) is 23.6 Å². The number of ether oxygens (including phenoxy) is 1. The van der Waals surface area contributed by atoms with Gasteiger partial charge in [-0.25, -0.2) is 4.79 Å². The van der Waals surface area contributed by atoms with E-state index in [1.54, 1.807) is 31.2 Å². The minimum atomic E-state index is -0.506. The van der Waals surface area contributed by atoms with Crippen LogP contribution in [0, 0.1) is 12.3 Å². The zero-order chi connectivity index (χ0) is 22.8. The van der Waals surface area contributed by atoms with Crippen LogP contribution in [0.25, 0.3) is 0 Å². The second-order valence-corrected chi connectivity index (χ2v) is 8.57. The SMILES string of the molecule is CCOC(=O)c1ccccc1NC(=O)c1oc2c(c1C)/C(=N\NC(N)=S)CC(C)(C)C2. The van der Waals surface area contributed by atoms with Gasteiger partial charge in [-0.1, -0.05) is 26.0 Å². The van der Waals surface area contributed by atoms with E-state index in [0.29, 0.717) is 29.9 Å². The average molecular weight is 443 g/mol. The van der Waals surface area contributed by atoms with Gasteiger partial charge in [-0.3, -0.25) is 10.2 Å². The minimum absolute atomic E-state index is 0.0621. The fraction of sp³-hybridized carbons (Fsp3) is 0.364. The molecule has 1 aromatic heterocycles. The lowest BCUT2D eigenvalue weighted by Crippen LogP contribution is -2.31. The molecule has 3 rings (SSSR count). The summed E-state index contributed by atoms with van der Waals surface area (Å²) in [5.74, 6) is -0.109. The molecule has 9 heteroatoms. The summed E-state index contributed by atoms with van der Waals surface area (Å²) in [6.45, 7) is 7.97. The van der Waals surface area contributed by atoms with Crippen molar-refractivity contribution in [1.29, 1.82) is 0 Å². The number of furan rings is 1.